The number of rotatable bonds is 3. The highest BCUT2D eigenvalue weighted by atomic mass is 16.5. The summed E-state index contributed by atoms with van der Waals surface area (Å²) in [5, 5.41) is 0. The maximum Gasteiger partial charge on any atom is 0.264 e. The number of para-hydroxylation sites is 3. The lowest BCUT2D eigenvalue weighted by Gasteiger charge is -2.17. The van der Waals surface area contributed by atoms with Crippen LogP contribution in [0.15, 0.2) is 48.5 Å². The van der Waals surface area contributed by atoms with Gasteiger partial charge in [-0.3, -0.25) is 4.79 Å². The highest BCUT2D eigenvalue weighted by molar-refractivity contribution is 5.96. The summed E-state index contributed by atoms with van der Waals surface area (Å²) in [7, 11) is 0. The summed E-state index contributed by atoms with van der Waals surface area (Å²) in [5.74, 6) is 0.506. The Hall–Kier alpha value is -2.49. The highest BCUT2D eigenvalue weighted by Crippen LogP contribution is 2.27. The molecule has 1 aliphatic rings. The van der Waals surface area contributed by atoms with Crippen LogP contribution in [0.3, 0.4) is 0 Å². The minimum atomic E-state index is -0.0433. The van der Waals surface area contributed by atoms with Crippen molar-refractivity contribution in [3.8, 4) is 5.75 Å². The van der Waals surface area contributed by atoms with Crippen molar-refractivity contribution in [2.45, 2.75) is 6.42 Å². The summed E-state index contributed by atoms with van der Waals surface area (Å²) in [5.41, 5.74) is 8.53. The number of benzene rings is 2. The Labute approximate surface area is 117 Å². The fourth-order valence-electron chi connectivity index (χ4n) is 2.43. The van der Waals surface area contributed by atoms with Crippen LogP contribution >= 0.6 is 0 Å². The fourth-order valence-corrected chi connectivity index (χ4v) is 2.43. The van der Waals surface area contributed by atoms with Crippen molar-refractivity contribution in [2.75, 3.05) is 23.8 Å². The molecule has 0 spiro atoms. The molecule has 0 fully saturated rings. The molecule has 0 aromatic heterocycles. The Morgan fingerprint density at radius 1 is 1.15 bits per heavy atom. The molecule has 1 aliphatic heterocycles. The van der Waals surface area contributed by atoms with Crippen LogP contribution in [0, 0.1) is 0 Å². The van der Waals surface area contributed by atoms with E-state index in [4.69, 9.17) is 10.5 Å². The number of nitrogen functional groups attached to an aromatic ring is 1. The lowest BCUT2D eigenvalue weighted by Crippen LogP contribution is -2.33. The molecule has 1 heterocycles. The molecule has 2 aromatic rings. The molecule has 0 saturated carbocycles. The summed E-state index contributed by atoms with van der Waals surface area (Å²) in [6.07, 6.45) is 0.898. The quantitative estimate of drug-likeness (QED) is 0.868. The number of fused-ring (bicyclic) bond motifs is 1. The molecule has 1 amide bonds. The van der Waals surface area contributed by atoms with Crippen molar-refractivity contribution >= 4 is 17.3 Å². The second kappa shape index (κ2) is 5.25. The van der Waals surface area contributed by atoms with Crippen LogP contribution < -0.4 is 15.4 Å². The number of amides is 1. The second-order valence-corrected chi connectivity index (χ2v) is 4.75. The van der Waals surface area contributed by atoms with Crippen molar-refractivity contribution in [1.82, 2.24) is 0 Å². The Morgan fingerprint density at radius 3 is 2.75 bits per heavy atom. The van der Waals surface area contributed by atoms with Gasteiger partial charge in [0.15, 0.2) is 6.61 Å². The van der Waals surface area contributed by atoms with E-state index in [1.165, 1.54) is 5.56 Å². The highest BCUT2D eigenvalue weighted by Gasteiger charge is 2.24. The maximum absolute atomic E-state index is 12.3. The van der Waals surface area contributed by atoms with Gasteiger partial charge in [-0.05, 0) is 30.2 Å². The maximum atomic E-state index is 12.3. The molecule has 0 unspecified atom stereocenters. The number of hydrogen-bond acceptors (Lipinski definition) is 3. The lowest BCUT2D eigenvalue weighted by atomic mass is 10.2. The minimum absolute atomic E-state index is 0.00253. The van der Waals surface area contributed by atoms with Crippen LogP contribution in [-0.2, 0) is 11.2 Å². The average molecular weight is 268 g/mol. The van der Waals surface area contributed by atoms with Gasteiger partial charge in [-0.1, -0.05) is 30.3 Å². The summed E-state index contributed by atoms with van der Waals surface area (Å²) < 4.78 is 5.51. The van der Waals surface area contributed by atoms with Gasteiger partial charge in [-0.2, -0.15) is 0 Å². The molecular formula is C16H16N2O2. The average Bonchev–Trinajstić information content (AvgIpc) is 2.90. The first-order valence-corrected chi connectivity index (χ1v) is 6.61. The molecule has 102 valence electrons. The zero-order chi connectivity index (χ0) is 13.9. The number of carbonyl (C=O) groups is 1. The van der Waals surface area contributed by atoms with Crippen LogP contribution in [0.4, 0.5) is 11.4 Å². The van der Waals surface area contributed by atoms with Crippen LogP contribution in [0.25, 0.3) is 0 Å². The van der Waals surface area contributed by atoms with Crippen molar-refractivity contribution in [3.05, 3.63) is 54.1 Å². The van der Waals surface area contributed by atoms with E-state index in [1.54, 1.807) is 17.0 Å². The van der Waals surface area contributed by atoms with E-state index in [9.17, 15) is 4.79 Å². The zero-order valence-electron chi connectivity index (χ0n) is 11.1. The molecule has 0 saturated heterocycles. The molecule has 4 heteroatoms. The number of carbonyl (C=O) groups excluding carboxylic acids is 1. The van der Waals surface area contributed by atoms with Gasteiger partial charge in [0.1, 0.15) is 5.75 Å². The van der Waals surface area contributed by atoms with Gasteiger partial charge in [-0.15, -0.1) is 0 Å². The molecular weight excluding hydrogens is 252 g/mol. The largest absolute Gasteiger partial charge is 0.482 e. The number of anilines is 2. The van der Waals surface area contributed by atoms with Crippen molar-refractivity contribution < 1.29 is 9.53 Å². The Morgan fingerprint density at radius 2 is 1.90 bits per heavy atom. The smallest absolute Gasteiger partial charge is 0.264 e. The van der Waals surface area contributed by atoms with Crippen LogP contribution in [0.1, 0.15) is 5.56 Å². The Balaban J connectivity index is 1.68. The van der Waals surface area contributed by atoms with Crippen LogP contribution in [0.2, 0.25) is 0 Å². The molecule has 0 radical (unpaired) electrons. The van der Waals surface area contributed by atoms with Gasteiger partial charge in [-0.25, -0.2) is 0 Å². The van der Waals surface area contributed by atoms with E-state index in [0.29, 0.717) is 18.0 Å². The minimum Gasteiger partial charge on any atom is -0.482 e. The van der Waals surface area contributed by atoms with E-state index in [2.05, 4.69) is 6.07 Å². The normalized spacial score (nSPS) is 13.1. The van der Waals surface area contributed by atoms with Gasteiger partial charge in [0.05, 0.1) is 5.69 Å². The van der Waals surface area contributed by atoms with E-state index in [0.717, 1.165) is 12.1 Å². The third-order valence-corrected chi connectivity index (χ3v) is 3.46. The molecule has 20 heavy (non-hydrogen) atoms. The van der Waals surface area contributed by atoms with Gasteiger partial charge >= 0.3 is 0 Å². The molecule has 3 rings (SSSR count). The number of nitrogens with zero attached hydrogens (tertiary/aromatic N) is 1. The molecule has 2 aromatic carbocycles. The summed E-state index contributed by atoms with van der Waals surface area (Å²) >= 11 is 0. The van der Waals surface area contributed by atoms with E-state index >= 15 is 0 Å². The molecule has 0 bridgehead atoms. The standard InChI is InChI=1S/C16H16N2O2/c17-13-6-2-4-8-15(13)20-11-16(19)18-10-9-12-5-1-3-7-14(12)18/h1-8H,9-11,17H2. The zero-order valence-corrected chi connectivity index (χ0v) is 11.1. The van der Waals surface area contributed by atoms with E-state index in [1.807, 2.05) is 30.3 Å². The van der Waals surface area contributed by atoms with E-state index < -0.39 is 0 Å². The van der Waals surface area contributed by atoms with Gasteiger partial charge in [0.25, 0.3) is 5.91 Å². The molecule has 0 atom stereocenters. The molecule has 4 nitrogen and oxygen atoms in total. The topological polar surface area (TPSA) is 55.6 Å². The fraction of sp³-hybridized carbons (Fsp3) is 0.188. The second-order valence-electron chi connectivity index (χ2n) is 4.75. The molecule has 2 N–H and O–H groups in total. The lowest BCUT2D eigenvalue weighted by molar-refractivity contribution is -0.120. The first-order chi connectivity index (χ1) is 9.75. The SMILES string of the molecule is Nc1ccccc1OCC(=O)N1CCc2ccccc21. The first-order valence-electron chi connectivity index (χ1n) is 6.61. The summed E-state index contributed by atoms with van der Waals surface area (Å²) in [6.45, 7) is 0.717. The van der Waals surface area contributed by atoms with Crippen molar-refractivity contribution in [2.24, 2.45) is 0 Å². The van der Waals surface area contributed by atoms with Crippen molar-refractivity contribution in [1.29, 1.82) is 0 Å². The predicted octanol–water partition coefficient (Wildman–Crippen LogP) is 2.24. The van der Waals surface area contributed by atoms with Gasteiger partial charge in [0.2, 0.25) is 0 Å². The predicted molar refractivity (Wildman–Crippen MR) is 78.8 cm³/mol. The third-order valence-electron chi connectivity index (χ3n) is 3.46. The number of ether oxygens (including phenoxy) is 1. The number of hydrogen-bond donors (Lipinski definition) is 1. The molecule has 0 aliphatic carbocycles. The van der Waals surface area contributed by atoms with Crippen LogP contribution in [0.5, 0.6) is 5.75 Å². The van der Waals surface area contributed by atoms with Gasteiger partial charge < -0.3 is 15.4 Å². The van der Waals surface area contributed by atoms with Crippen molar-refractivity contribution in [3.63, 3.8) is 0 Å². The third kappa shape index (κ3) is 2.32. The van der Waals surface area contributed by atoms with Crippen LogP contribution in [-0.4, -0.2) is 19.1 Å². The summed E-state index contributed by atoms with van der Waals surface area (Å²) in [4.78, 5) is 14.0. The van der Waals surface area contributed by atoms with Gasteiger partial charge in [0, 0.05) is 12.2 Å². The summed E-state index contributed by atoms with van der Waals surface area (Å²) in [6, 6.07) is 15.2. The van der Waals surface area contributed by atoms with E-state index in [-0.39, 0.29) is 12.5 Å². The first kappa shape index (κ1) is 12.5. The Kier molecular flexibility index (Phi) is 3.29. The number of nitrogens with two attached hydrogens (primary N) is 1. The monoisotopic (exact) mass is 268 g/mol. The Bertz CT molecular complexity index is 640.